The number of benzene rings is 2. The summed E-state index contributed by atoms with van der Waals surface area (Å²) in [6.07, 6.45) is 7.04. The second kappa shape index (κ2) is 8.04. The highest BCUT2D eigenvalue weighted by molar-refractivity contribution is 6.02. The van der Waals surface area contributed by atoms with Gasteiger partial charge in [0.25, 0.3) is 0 Å². The van der Waals surface area contributed by atoms with E-state index in [4.69, 9.17) is 0 Å². The Bertz CT molecular complexity index is 917. The normalized spacial score (nSPS) is 11.7. The lowest BCUT2D eigenvalue weighted by Gasteiger charge is -2.18. The predicted molar refractivity (Wildman–Crippen MR) is 111 cm³/mol. The Labute approximate surface area is 160 Å². The molecule has 27 heavy (non-hydrogen) atoms. The molecular weight excluding hydrogens is 334 g/mol. The van der Waals surface area contributed by atoms with Gasteiger partial charge in [-0.25, -0.2) is 0 Å². The number of aromatic nitrogens is 2. The van der Waals surface area contributed by atoms with E-state index >= 15 is 0 Å². The van der Waals surface area contributed by atoms with Gasteiger partial charge in [0.1, 0.15) is 0 Å². The van der Waals surface area contributed by atoms with Crippen LogP contribution in [-0.4, -0.2) is 15.7 Å². The maximum atomic E-state index is 12.3. The van der Waals surface area contributed by atoms with Crippen LogP contribution in [0.5, 0.6) is 0 Å². The van der Waals surface area contributed by atoms with E-state index in [2.05, 4.69) is 43.3 Å². The minimum Gasteiger partial charge on any atom is -0.322 e. The second-order valence-electron chi connectivity index (χ2n) is 7.56. The summed E-state index contributed by atoms with van der Waals surface area (Å²) in [5, 5.41) is 7.18. The van der Waals surface area contributed by atoms with Crippen LogP contribution in [-0.2, 0) is 16.8 Å². The molecule has 1 N–H and O–H groups in total. The Balaban J connectivity index is 1.66. The molecule has 1 amide bonds. The number of hydrogen-bond donors (Lipinski definition) is 1. The molecule has 1 aromatic heterocycles. The molecule has 4 heteroatoms. The monoisotopic (exact) mass is 359 g/mol. The van der Waals surface area contributed by atoms with Gasteiger partial charge in [-0.1, -0.05) is 63.2 Å². The third-order valence-corrected chi connectivity index (χ3v) is 4.37. The van der Waals surface area contributed by atoms with Crippen molar-refractivity contribution < 1.29 is 4.79 Å². The van der Waals surface area contributed by atoms with Gasteiger partial charge in [0.05, 0.1) is 6.54 Å². The minimum atomic E-state index is -0.150. The Morgan fingerprint density at radius 3 is 2.48 bits per heavy atom. The largest absolute Gasteiger partial charge is 0.322 e. The number of anilines is 1. The van der Waals surface area contributed by atoms with E-state index in [9.17, 15) is 4.79 Å². The van der Waals surface area contributed by atoms with Crippen molar-refractivity contribution in [2.45, 2.75) is 32.7 Å². The SMILES string of the molecule is CC(C)(C)c1ccc(/C=C/C(=O)Nc2ccccc2Cn2cccn2)cc1. The molecule has 0 atom stereocenters. The molecule has 0 saturated carbocycles. The molecule has 3 rings (SSSR count). The number of hydrogen-bond acceptors (Lipinski definition) is 2. The quantitative estimate of drug-likeness (QED) is 0.660. The Morgan fingerprint density at radius 1 is 1.07 bits per heavy atom. The van der Waals surface area contributed by atoms with E-state index in [0.29, 0.717) is 6.54 Å². The van der Waals surface area contributed by atoms with Crippen LogP contribution in [0.3, 0.4) is 0 Å². The molecule has 0 bridgehead atoms. The second-order valence-corrected chi connectivity index (χ2v) is 7.56. The van der Waals surface area contributed by atoms with Crippen LogP contribution in [0.4, 0.5) is 5.69 Å². The molecule has 138 valence electrons. The van der Waals surface area contributed by atoms with Crippen LogP contribution in [0, 0.1) is 0 Å². The Kier molecular flexibility index (Phi) is 5.55. The van der Waals surface area contributed by atoms with Crippen LogP contribution < -0.4 is 5.32 Å². The van der Waals surface area contributed by atoms with E-state index in [1.165, 1.54) is 5.56 Å². The Hall–Kier alpha value is -3.14. The molecule has 4 nitrogen and oxygen atoms in total. The van der Waals surface area contributed by atoms with Gasteiger partial charge in [-0.05, 0) is 40.3 Å². The fraction of sp³-hybridized carbons (Fsp3) is 0.217. The van der Waals surface area contributed by atoms with E-state index in [0.717, 1.165) is 16.8 Å². The zero-order valence-electron chi connectivity index (χ0n) is 16.0. The molecule has 2 aromatic carbocycles. The van der Waals surface area contributed by atoms with Crippen LogP contribution in [0.25, 0.3) is 6.08 Å². The number of carbonyl (C=O) groups excluding carboxylic acids is 1. The van der Waals surface area contributed by atoms with Gasteiger partial charge in [0.15, 0.2) is 0 Å². The maximum Gasteiger partial charge on any atom is 0.248 e. The molecule has 0 aliphatic heterocycles. The summed E-state index contributed by atoms with van der Waals surface area (Å²) >= 11 is 0. The molecule has 3 aromatic rings. The topological polar surface area (TPSA) is 46.9 Å². The predicted octanol–water partition coefficient (Wildman–Crippen LogP) is 4.88. The summed E-state index contributed by atoms with van der Waals surface area (Å²) in [5.74, 6) is -0.150. The maximum absolute atomic E-state index is 12.3. The molecule has 0 fully saturated rings. The van der Waals surface area contributed by atoms with Crippen LogP contribution in [0.15, 0.2) is 73.1 Å². The first-order valence-electron chi connectivity index (χ1n) is 9.07. The number of nitrogens with one attached hydrogen (secondary N) is 1. The zero-order valence-corrected chi connectivity index (χ0v) is 16.0. The lowest BCUT2D eigenvalue weighted by molar-refractivity contribution is -0.111. The van der Waals surface area contributed by atoms with E-state index in [1.807, 2.05) is 59.4 Å². The molecule has 1 heterocycles. The summed E-state index contributed by atoms with van der Waals surface area (Å²) in [6, 6.07) is 17.9. The van der Waals surface area contributed by atoms with E-state index in [1.54, 1.807) is 12.3 Å². The lowest BCUT2D eigenvalue weighted by Crippen LogP contribution is -2.11. The van der Waals surface area contributed by atoms with Crippen LogP contribution in [0.1, 0.15) is 37.5 Å². The fourth-order valence-electron chi connectivity index (χ4n) is 2.79. The summed E-state index contributed by atoms with van der Waals surface area (Å²) < 4.78 is 1.83. The van der Waals surface area contributed by atoms with Crippen molar-refractivity contribution in [2.75, 3.05) is 5.32 Å². The van der Waals surface area contributed by atoms with Gasteiger partial charge in [0.2, 0.25) is 5.91 Å². The van der Waals surface area contributed by atoms with Gasteiger partial charge < -0.3 is 5.32 Å². The number of rotatable bonds is 5. The Morgan fingerprint density at radius 2 is 1.81 bits per heavy atom. The van der Waals surface area contributed by atoms with Gasteiger partial charge in [-0.3, -0.25) is 9.48 Å². The molecule has 0 aliphatic rings. The first-order valence-corrected chi connectivity index (χ1v) is 9.07. The molecular formula is C23H25N3O. The first-order chi connectivity index (χ1) is 12.9. The van der Waals surface area contributed by atoms with Crippen molar-refractivity contribution in [1.82, 2.24) is 9.78 Å². The smallest absolute Gasteiger partial charge is 0.248 e. The van der Waals surface area contributed by atoms with Crippen molar-refractivity contribution >= 4 is 17.7 Å². The summed E-state index contributed by atoms with van der Waals surface area (Å²) in [5.41, 5.74) is 4.21. The molecule has 0 saturated heterocycles. The van der Waals surface area contributed by atoms with Gasteiger partial charge in [-0.15, -0.1) is 0 Å². The number of carbonyl (C=O) groups is 1. The summed E-state index contributed by atoms with van der Waals surface area (Å²) in [6.45, 7) is 7.17. The molecule has 0 unspecified atom stereocenters. The molecule has 0 aliphatic carbocycles. The van der Waals surface area contributed by atoms with Gasteiger partial charge >= 0.3 is 0 Å². The highest BCUT2D eigenvalue weighted by Crippen LogP contribution is 2.22. The third-order valence-electron chi connectivity index (χ3n) is 4.37. The average molecular weight is 359 g/mol. The number of amides is 1. The van der Waals surface area contributed by atoms with Crippen molar-refractivity contribution in [1.29, 1.82) is 0 Å². The van der Waals surface area contributed by atoms with Crippen LogP contribution >= 0.6 is 0 Å². The highest BCUT2D eigenvalue weighted by atomic mass is 16.1. The average Bonchev–Trinajstić information content (AvgIpc) is 3.14. The zero-order chi connectivity index (χ0) is 19.3. The third kappa shape index (κ3) is 5.17. The number of nitrogens with zero attached hydrogens (tertiary/aromatic N) is 2. The van der Waals surface area contributed by atoms with Crippen molar-refractivity contribution in [2.24, 2.45) is 0 Å². The van der Waals surface area contributed by atoms with Gasteiger partial charge in [-0.2, -0.15) is 5.10 Å². The fourth-order valence-corrected chi connectivity index (χ4v) is 2.79. The number of para-hydroxylation sites is 1. The van der Waals surface area contributed by atoms with Crippen molar-refractivity contribution in [3.63, 3.8) is 0 Å². The minimum absolute atomic E-state index is 0.123. The molecule has 0 spiro atoms. The summed E-state index contributed by atoms with van der Waals surface area (Å²) in [4.78, 5) is 12.3. The summed E-state index contributed by atoms with van der Waals surface area (Å²) in [7, 11) is 0. The van der Waals surface area contributed by atoms with Crippen molar-refractivity contribution in [3.05, 3.63) is 89.8 Å². The van der Waals surface area contributed by atoms with E-state index < -0.39 is 0 Å². The molecule has 0 radical (unpaired) electrons. The van der Waals surface area contributed by atoms with Crippen molar-refractivity contribution in [3.8, 4) is 0 Å². The van der Waals surface area contributed by atoms with E-state index in [-0.39, 0.29) is 11.3 Å². The lowest BCUT2D eigenvalue weighted by atomic mass is 9.87. The first kappa shape index (κ1) is 18.6. The van der Waals surface area contributed by atoms with Gasteiger partial charge in [0, 0.05) is 24.2 Å². The highest BCUT2D eigenvalue weighted by Gasteiger charge is 2.12. The standard InChI is InChI=1S/C23H25N3O/c1-23(2,3)20-12-9-18(10-13-20)11-14-22(27)25-21-8-5-4-7-19(21)17-26-16-6-15-24-26/h4-16H,17H2,1-3H3,(H,25,27)/b14-11+. The van der Waals surface area contributed by atoms with Crippen LogP contribution in [0.2, 0.25) is 0 Å².